The molecule has 1 aromatic carbocycles. The zero-order valence-corrected chi connectivity index (χ0v) is 15.1. The topological polar surface area (TPSA) is 44.7 Å². The number of likely N-dealkylation sites (tertiary alicyclic amines) is 1. The van der Waals surface area contributed by atoms with Crippen molar-refractivity contribution in [1.29, 1.82) is 0 Å². The molecule has 0 radical (unpaired) electrons. The van der Waals surface area contributed by atoms with E-state index in [2.05, 4.69) is 48.3 Å². The van der Waals surface area contributed by atoms with Gasteiger partial charge in [0, 0.05) is 24.9 Å². The summed E-state index contributed by atoms with van der Waals surface area (Å²) in [6.07, 6.45) is 5.02. The number of hydrogen-bond donors (Lipinski definition) is 2. The first kappa shape index (κ1) is 17.7. The van der Waals surface area contributed by atoms with Crippen LogP contribution in [0.5, 0.6) is 0 Å². The number of ether oxygens (including phenoxy) is 1. The number of nitrogens with one attached hydrogen (secondary N) is 1. The van der Waals surface area contributed by atoms with Gasteiger partial charge in [-0.2, -0.15) is 0 Å². The van der Waals surface area contributed by atoms with Gasteiger partial charge < -0.3 is 15.2 Å². The van der Waals surface area contributed by atoms with Crippen LogP contribution in [-0.4, -0.2) is 48.0 Å². The van der Waals surface area contributed by atoms with Crippen molar-refractivity contribution >= 4 is 5.69 Å². The summed E-state index contributed by atoms with van der Waals surface area (Å²) in [5.74, 6) is 0.500. The van der Waals surface area contributed by atoms with Crippen LogP contribution in [0, 0.1) is 5.92 Å². The van der Waals surface area contributed by atoms with Gasteiger partial charge in [-0.25, -0.2) is 0 Å². The lowest BCUT2D eigenvalue weighted by Gasteiger charge is -2.34. The summed E-state index contributed by atoms with van der Waals surface area (Å²) < 4.78 is 5.86. The molecule has 0 saturated carbocycles. The predicted molar refractivity (Wildman–Crippen MR) is 98.2 cm³/mol. The minimum Gasteiger partial charge on any atom is -0.396 e. The zero-order valence-electron chi connectivity index (χ0n) is 15.1. The Kier molecular flexibility index (Phi) is 6.14. The highest BCUT2D eigenvalue weighted by molar-refractivity contribution is 5.51. The molecule has 2 unspecified atom stereocenters. The fraction of sp³-hybridized carbons (Fsp3) is 0.700. The molecule has 2 atom stereocenters. The molecule has 4 nitrogen and oxygen atoms in total. The Bertz CT molecular complexity index is 504. The van der Waals surface area contributed by atoms with Gasteiger partial charge >= 0.3 is 0 Å². The summed E-state index contributed by atoms with van der Waals surface area (Å²) in [6.45, 7) is 7.85. The van der Waals surface area contributed by atoms with Crippen molar-refractivity contribution in [2.75, 3.05) is 25.0 Å². The smallest absolute Gasteiger partial charge is 0.0570 e. The normalized spacial score (nSPS) is 29.5. The lowest BCUT2D eigenvalue weighted by atomic mass is 9.97. The van der Waals surface area contributed by atoms with Gasteiger partial charge in [0.25, 0.3) is 0 Å². The standard InChI is InChI=1S/C20H32N2O2/c1-15-11-19(12-16(2)24-15)21-20-6-4-3-5-18(20)13-22-9-7-17(14-23)8-10-22/h3-6,15-17,19,21,23H,7-14H2,1-2H3. The number of piperidine rings is 1. The molecular weight excluding hydrogens is 300 g/mol. The van der Waals surface area contributed by atoms with Crippen molar-refractivity contribution in [3.63, 3.8) is 0 Å². The average molecular weight is 332 g/mol. The Morgan fingerprint density at radius 3 is 2.46 bits per heavy atom. The van der Waals surface area contributed by atoms with Crippen LogP contribution < -0.4 is 5.32 Å². The molecule has 24 heavy (non-hydrogen) atoms. The largest absolute Gasteiger partial charge is 0.396 e. The Balaban J connectivity index is 1.61. The molecule has 0 amide bonds. The highest BCUT2D eigenvalue weighted by Gasteiger charge is 2.25. The van der Waals surface area contributed by atoms with E-state index in [9.17, 15) is 5.11 Å². The van der Waals surface area contributed by atoms with E-state index in [0.717, 1.165) is 45.3 Å². The number of aliphatic hydroxyl groups excluding tert-OH is 1. The molecule has 2 heterocycles. The van der Waals surface area contributed by atoms with Crippen molar-refractivity contribution in [1.82, 2.24) is 4.90 Å². The van der Waals surface area contributed by atoms with E-state index in [1.807, 2.05) is 0 Å². The summed E-state index contributed by atoms with van der Waals surface area (Å²) in [7, 11) is 0. The molecule has 134 valence electrons. The molecular formula is C20H32N2O2. The molecule has 2 aliphatic heterocycles. The number of hydrogen-bond acceptors (Lipinski definition) is 4. The fourth-order valence-corrected chi connectivity index (χ4v) is 4.11. The lowest BCUT2D eigenvalue weighted by molar-refractivity contribution is -0.0338. The average Bonchev–Trinajstić information content (AvgIpc) is 2.56. The van der Waals surface area contributed by atoms with Crippen LogP contribution in [0.3, 0.4) is 0 Å². The number of aliphatic hydroxyl groups is 1. The molecule has 2 aliphatic rings. The number of rotatable bonds is 5. The molecule has 3 rings (SSSR count). The Hall–Kier alpha value is -1.10. The van der Waals surface area contributed by atoms with Crippen molar-refractivity contribution in [3.05, 3.63) is 29.8 Å². The molecule has 2 saturated heterocycles. The summed E-state index contributed by atoms with van der Waals surface area (Å²) in [4.78, 5) is 2.52. The third-order valence-corrected chi connectivity index (χ3v) is 5.43. The van der Waals surface area contributed by atoms with E-state index in [1.54, 1.807) is 0 Å². The summed E-state index contributed by atoms with van der Waals surface area (Å²) in [6, 6.07) is 9.20. The van der Waals surface area contributed by atoms with Crippen LogP contribution in [0.1, 0.15) is 45.1 Å². The number of nitrogens with zero attached hydrogens (tertiary/aromatic N) is 1. The Morgan fingerprint density at radius 2 is 1.79 bits per heavy atom. The SMILES string of the molecule is CC1CC(Nc2ccccc2CN2CCC(CO)CC2)CC(C)O1. The van der Waals surface area contributed by atoms with Crippen LogP contribution >= 0.6 is 0 Å². The second kappa shape index (κ2) is 8.32. The molecule has 0 aromatic heterocycles. The first-order valence-electron chi connectivity index (χ1n) is 9.47. The van der Waals surface area contributed by atoms with Gasteiger partial charge in [0.2, 0.25) is 0 Å². The molecule has 0 bridgehead atoms. The molecule has 2 N–H and O–H groups in total. The maximum Gasteiger partial charge on any atom is 0.0570 e. The van der Waals surface area contributed by atoms with Gasteiger partial charge in [0.1, 0.15) is 0 Å². The molecule has 2 fully saturated rings. The third-order valence-electron chi connectivity index (χ3n) is 5.43. The Labute approximate surface area is 146 Å². The summed E-state index contributed by atoms with van der Waals surface area (Å²) >= 11 is 0. The van der Waals surface area contributed by atoms with E-state index in [-0.39, 0.29) is 0 Å². The predicted octanol–water partition coefficient (Wildman–Crippen LogP) is 3.26. The molecule has 1 aromatic rings. The molecule has 0 aliphatic carbocycles. The van der Waals surface area contributed by atoms with Crippen molar-refractivity contribution in [2.45, 2.75) is 64.3 Å². The van der Waals surface area contributed by atoms with E-state index in [1.165, 1.54) is 11.3 Å². The second-order valence-corrected chi connectivity index (χ2v) is 7.63. The third kappa shape index (κ3) is 4.71. The molecule has 0 spiro atoms. The van der Waals surface area contributed by atoms with Gasteiger partial charge in [-0.05, 0) is 70.2 Å². The summed E-state index contributed by atoms with van der Waals surface area (Å²) in [5, 5.41) is 13.1. The van der Waals surface area contributed by atoms with E-state index in [0.29, 0.717) is 30.8 Å². The van der Waals surface area contributed by atoms with Crippen LogP contribution in [0.2, 0.25) is 0 Å². The van der Waals surface area contributed by atoms with Gasteiger partial charge in [-0.1, -0.05) is 18.2 Å². The lowest BCUT2D eigenvalue weighted by Crippen LogP contribution is -2.37. The van der Waals surface area contributed by atoms with E-state index in [4.69, 9.17) is 4.74 Å². The van der Waals surface area contributed by atoms with Crippen molar-refractivity contribution < 1.29 is 9.84 Å². The van der Waals surface area contributed by atoms with Gasteiger partial charge in [-0.3, -0.25) is 4.90 Å². The molecule has 4 heteroatoms. The van der Waals surface area contributed by atoms with Crippen LogP contribution in [0.4, 0.5) is 5.69 Å². The second-order valence-electron chi connectivity index (χ2n) is 7.63. The minimum absolute atomic E-state index is 0.330. The zero-order chi connectivity index (χ0) is 16.9. The quantitative estimate of drug-likeness (QED) is 0.869. The van der Waals surface area contributed by atoms with Crippen LogP contribution in [-0.2, 0) is 11.3 Å². The van der Waals surface area contributed by atoms with Crippen LogP contribution in [0.15, 0.2) is 24.3 Å². The maximum atomic E-state index is 9.30. The van der Waals surface area contributed by atoms with Crippen LogP contribution in [0.25, 0.3) is 0 Å². The fourth-order valence-electron chi connectivity index (χ4n) is 4.11. The van der Waals surface area contributed by atoms with Crippen molar-refractivity contribution in [2.24, 2.45) is 5.92 Å². The summed E-state index contributed by atoms with van der Waals surface area (Å²) in [5.41, 5.74) is 2.65. The van der Waals surface area contributed by atoms with Gasteiger partial charge in [0.15, 0.2) is 0 Å². The number of para-hydroxylation sites is 1. The number of anilines is 1. The first-order chi connectivity index (χ1) is 11.6. The maximum absolute atomic E-state index is 9.30. The monoisotopic (exact) mass is 332 g/mol. The van der Waals surface area contributed by atoms with Gasteiger partial charge in [0.05, 0.1) is 12.2 Å². The van der Waals surface area contributed by atoms with E-state index < -0.39 is 0 Å². The van der Waals surface area contributed by atoms with Crippen molar-refractivity contribution in [3.8, 4) is 0 Å². The van der Waals surface area contributed by atoms with E-state index >= 15 is 0 Å². The minimum atomic E-state index is 0.330. The highest BCUT2D eigenvalue weighted by atomic mass is 16.5. The first-order valence-corrected chi connectivity index (χ1v) is 9.47. The van der Waals surface area contributed by atoms with Gasteiger partial charge in [-0.15, -0.1) is 0 Å². The number of benzene rings is 1. The Morgan fingerprint density at radius 1 is 1.12 bits per heavy atom. The highest BCUT2D eigenvalue weighted by Crippen LogP contribution is 2.26.